The Bertz CT molecular complexity index is 3870. The number of methoxy groups -OCH3 is 2. The molecule has 22 nitrogen and oxygen atoms in total. The molecule has 3 N–H and O–H groups in total. The molecule has 3 aliphatic heterocycles. The number of rotatable bonds is 29. The second-order valence-corrected chi connectivity index (χ2v) is 29.3. The van der Waals surface area contributed by atoms with Gasteiger partial charge >= 0.3 is 12.1 Å². The van der Waals surface area contributed by atoms with Gasteiger partial charge in [0.05, 0.1) is 54.7 Å². The van der Waals surface area contributed by atoms with Crippen LogP contribution in [0.2, 0.25) is 5.02 Å². The van der Waals surface area contributed by atoms with Crippen LogP contribution in [0.4, 0.5) is 10.5 Å². The number of esters is 1. The highest BCUT2D eigenvalue weighted by Crippen LogP contribution is 2.49. The number of allylic oxidation sites excluding steroid dienone is 3. The number of carbonyl (C=O) groups excluding carboxylic acids is 5. The number of likely N-dealkylation sites (N-methyl/N-ethyl adjacent to an activating group) is 1. The fourth-order valence-corrected chi connectivity index (χ4v) is 15.0. The van der Waals surface area contributed by atoms with Gasteiger partial charge in [0.2, 0.25) is 11.8 Å². The zero-order valence-corrected chi connectivity index (χ0v) is 61.8. The smallest absolute Gasteiger partial charge is 0.409 e. The zero-order chi connectivity index (χ0) is 73.0. The molecule has 8 atom stereocenters. The van der Waals surface area contributed by atoms with Crippen molar-refractivity contribution in [2.45, 2.75) is 152 Å². The number of pyridine rings is 4. The lowest BCUT2D eigenvalue weighted by Crippen LogP contribution is -2.63. The molecule has 25 heteroatoms. The molecule has 0 aliphatic carbocycles. The normalized spacial score (nSPS) is 21.6. The summed E-state index contributed by atoms with van der Waals surface area (Å²) in [5, 5.41) is 17.8. The molecule has 10 rings (SSSR count). The highest BCUT2D eigenvalue weighted by molar-refractivity contribution is 8.76. The molecule has 103 heavy (non-hydrogen) atoms. The minimum atomic E-state index is -1.88. The lowest BCUT2D eigenvalue weighted by Gasteiger charge is -2.42. The predicted molar refractivity (Wildman–Crippen MR) is 397 cm³/mol. The summed E-state index contributed by atoms with van der Waals surface area (Å²) in [4.78, 5) is 96.0. The van der Waals surface area contributed by atoms with Crippen LogP contribution in [0.25, 0.3) is 0 Å². The van der Waals surface area contributed by atoms with Gasteiger partial charge in [-0.25, -0.2) is 9.59 Å². The second-order valence-electron chi connectivity index (χ2n) is 26.5. The third kappa shape index (κ3) is 21.5. The molecule has 0 radical (unpaired) electrons. The van der Waals surface area contributed by atoms with Crippen molar-refractivity contribution >= 4 is 68.7 Å². The predicted octanol–water partition coefficient (Wildman–Crippen LogP) is 11.9. The quantitative estimate of drug-likeness (QED) is 0.0170. The number of aromatic nitrogens is 4. The molecule has 2 fully saturated rings. The third-order valence-electron chi connectivity index (χ3n) is 18.6. The molecule has 3 aromatic carbocycles. The van der Waals surface area contributed by atoms with Crippen molar-refractivity contribution in [3.8, 4) is 11.5 Å². The number of aliphatic hydroxyl groups is 1. The molecule has 0 saturated carbocycles. The van der Waals surface area contributed by atoms with Crippen molar-refractivity contribution in [2.24, 2.45) is 5.92 Å². The molecular formula is C78H91ClN10O12S2. The first-order chi connectivity index (χ1) is 49.7. The molecule has 3 aliphatic rings. The highest BCUT2D eigenvalue weighted by atomic mass is 35.5. The summed E-state index contributed by atoms with van der Waals surface area (Å²) in [6, 6.07) is 39.8. The number of benzene rings is 3. The Kier molecular flexibility index (Phi) is 27.3. The lowest BCUT2D eigenvalue weighted by molar-refractivity contribution is -0.158. The van der Waals surface area contributed by atoms with Crippen molar-refractivity contribution in [2.75, 3.05) is 52.1 Å². The number of ether oxygens (including phenoxy) is 6. The number of hydrogen-bond acceptors (Lipinski definition) is 20. The Balaban J connectivity index is 0.713. The second kappa shape index (κ2) is 36.6. The third-order valence-corrected chi connectivity index (χ3v) is 21.3. The van der Waals surface area contributed by atoms with Crippen molar-refractivity contribution in [3.63, 3.8) is 0 Å². The van der Waals surface area contributed by atoms with Gasteiger partial charge in [0.1, 0.15) is 46.5 Å². The Labute approximate surface area is 615 Å². The monoisotopic (exact) mass is 1460 g/mol. The van der Waals surface area contributed by atoms with Crippen LogP contribution in [0.3, 0.4) is 0 Å². The highest BCUT2D eigenvalue weighted by Gasteiger charge is 2.64. The summed E-state index contributed by atoms with van der Waals surface area (Å²) in [6.07, 6.45) is 9.56. The van der Waals surface area contributed by atoms with Crippen LogP contribution in [-0.2, 0) is 79.0 Å². The summed E-state index contributed by atoms with van der Waals surface area (Å²) in [7, 11) is 8.99. The first-order valence-electron chi connectivity index (χ1n) is 34.5. The largest absolute Gasteiger partial charge is 0.495 e. The van der Waals surface area contributed by atoms with Crippen LogP contribution < -0.4 is 25.0 Å². The molecule has 2 saturated heterocycles. The first-order valence-corrected chi connectivity index (χ1v) is 37.2. The molecule has 4 bridgehead atoms. The maximum Gasteiger partial charge on any atom is 0.409 e. The first kappa shape index (κ1) is 76.9. The fourth-order valence-electron chi connectivity index (χ4n) is 12.7. The van der Waals surface area contributed by atoms with Crippen LogP contribution in [0.1, 0.15) is 110 Å². The Morgan fingerprint density at radius 1 is 0.816 bits per heavy atom. The van der Waals surface area contributed by atoms with Gasteiger partial charge in [-0.15, -0.1) is 0 Å². The molecule has 4 amide bonds. The summed E-state index contributed by atoms with van der Waals surface area (Å²) < 4.78 is 36.3. The summed E-state index contributed by atoms with van der Waals surface area (Å²) in [5.41, 5.74) is 5.23. The van der Waals surface area contributed by atoms with E-state index < -0.39 is 71.6 Å². The standard InChI is InChI=1S/C78H91ClN10O12S2/c1-52-20-19-25-68(97-8)78(95)45-67(99-76(94)85-78)53(2)73-77(4,101-73)69(44-71(91)87(6)65-42-55(38-52)43-66(96-7)72(65)79)100-75(93)54(3)86(5)74(92)58-26-28-64(29-27-58)103-102-37-30-70(90)84-35-17-18-36-98-63-40-56(46-88(48-59-21-9-13-31-80-59)49-60-22-10-14-32-81-60)39-57(41-63)47-89(50-61-23-11-15-33-82-61)51-62-24-12-16-34-83-62/h9-16,19-29,31-34,39-43,53-54,67-69,73,95H,17-18,30,35-38,44-51H2,1-8H3,(H,84,90)(H,85,94)/b25-19+,52-20+/t53-,54+,67+,68-,69-,73?,77+,78+/m0/s1. The number of carbonyl (C=O) groups is 5. The van der Waals surface area contributed by atoms with Gasteiger partial charge in [-0.1, -0.05) is 94.2 Å². The fraction of sp³-hybridized carbons (Fsp3) is 0.397. The van der Waals surface area contributed by atoms with Crippen LogP contribution >= 0.6 is 33.2 Å². The molecule has 7 aromatic rings. The van der Waals surface area contributed by atoms with Crippen molar-refractivity contribution in [1.29, 1.82) is 0 Å². The minimum Gasteiger partial charge on any atom is -0.495 e. The number of epoxide rings is 1. The van der Waals surface area contributed by atoms with E-state index in [-0.39, 0.29) is 23.8 Å². The molecular weight excluding hydrogens is 1370 g/mol. The molecule has 0 spiro atoms. The van der Waals surface area contributed by atoms with Crippen LogP contribution in [-0.4, -0.2) is 159 Å². The number of alkyl carbamates (subject to hydrolysis) is 1. The van der Waals surface area contributed by atoms with Gasteiger partial charge in [-0.05, 0) is 154 Å². The number of halogens is 1. The average molecular weight is 1460 g/mol. The van der Waals surface area contributed by atoms with Gasteiger partial charge in [-0.2, -0.15) is 0 Å². The van der Waals surface area contributed by atoms with E-state index in [9.17, 15) is 29.1 Å². The molecule has 1 unspecified atom stereocenters. The van der Waals surface area contributed by atoms with E-state index in [4.69, 9.17) is 40.0 Å². The summed E-state index contributed by atoms with van der Waals surface area (Å²) >= 11 is 6.88. The molecule has 4 aromatic heterocycles. The van der Waals surface area contributed by atoms with Gasteiger partial charge in [0.15, 0.2) is 5.72 Å². The lowest BCUT2D eigenvalue weighted by atomic mass is 9.83. The number of nitrogens with zero attached hydrogens (tertiary/aromatic N) is 8. The maximum absolute atomic E-state index is 14.5. The van der Waals surface area contributed by atoms with Crippen LogP contribution in [0.5, 0.6) is 11.5 Å². The van der Waals surface area contributed by atoms with E-state index in [1.54, 1.807) is 64.2 Å². The number of amides is 4. The van der Waals surface area contributed by atoms with Crippen molar-refractivity contribution in [1.82, 2.24) is 45.3 Å². The average Bonchev–Trinajstić information content (AvgIpc) is 1.57. The van der Waals surface area contributed by atoms with Gasteiger partial charge < -0.3 is 48.6 Å². The van der Waals surface area contributed by atoms with Crippen LogP contribution in [0, 0.1) is 5.92 Å². The molecule has 544 valence electrons. The van der Waals surface area contributed by atoms with Gasteiger partial charge in [0.25, 0.3) is 5.91 Å². The van der Waals surface area contributed by atoms with E-state index >= 15 is 0 Å². The zero-order valence-electron chi connectivity index (χ0n) is 59.4. The number of nitrogens with one attached hydrogen (secondary N) is 2. The number of hydrogen-bond donors (Lipinski definition) is 3. The number of fused-ring (bicyclic) bond motifs is 5. The minimum absolute atomic E-state index is 0.0538. The number of anilines is 1. The van der Waals surface area contributed by atoms with Crippen molar-refractivity contribution < 1.29 is 57.5 Å². The summed E-state index contributed by atoms with van der Waals surface area (Å²) in [5.74, 6) is -0.698. The van der Waals surface area contributed by atoms with Gasteiger partial charge in [0, 0.05) is 127 Å². The maximum atomic E-state index is 14.5. The van der Waals surface area contributed by atoms with E-state index in [1.807, 2.05) is 123 Å². The summed E-state index contributed by atoms with van der Waals surface area (Å²) in [6.45, 7) is 11.7. The van der Waals surface area contributed by atoms with E-state index in [0.29, 0.717) is 88.0 Å². The Morgan fingerprint density at radius 2 is 1.41 bits per heavy atom. The topological polar surface area (TPSA) is 253 Å². The van der Waals surface area contributed by atoms with E-state index in [0.717, 1.165) is 68.5 Å². The van der Waals surface area contributed by atoms with Crippen molar-refractivity contribution in [3.05, 3.63) is 226 Å². The van der Waals surface area contributed by atoms with Gasteiger partial charge in [-0.3, -0.25) is 49.4 Å². The van der Waals surface area contributed by atoms with E-state index in [2.05, 4.69) is 58.6 Å². The SMILES string of the molecule is COc1cc2cc(c1Cl)N(C)C(=O)C[C@H](OC(=O)[C@@H](C)N(C)C(=O)c1ccc(SSCCC(=O)NCCCCOc3cc(CN(Cc4ccccn4)Cc4ccccn4)cc(CN(Cc4ccccn4)Cc4ccccn4)c3)cc1)[C@@]1(C)OC1[C@@H](C)[C@H]1C[C@](O)(NC(=O)O1)[C@@H](OC)/C=C/C=C(\C)C2. The Hall–Kier alpha value is -8.72. The Morgan fingerprint density at radius 3 is 1.96 bits per heavy atom. The van der Waals surface area contributed by atoms with E-state index in [1.165, 1.54) is 52.7 Å². The number of unbranched alkanes of at least 4 members (excludes halogenated alkanes) is 1. The molecule has 7 heterocycles. The van der Waals surface area contributed by atoms with Crippen LogP contribution in [0.15, 0.2) is 181 Å².